The van der Waals surface area contributed by atoms with Crippen LogP contribution < -0.4 is 5.32 Å². The first kappa shape index (κ1) is 12.4. The normalized spacial score (nSPS) is 28.5. The summed E-state index contributed by atoms with van der Waals surface area (Å²) in [5.41, 5.74) is 0. The number of nitrogens with zero attached hydrogens (tertiary/aromatic N) is 1. The van der Waals surface area contributed by atoms with Gasteiger partial charge in [-0.2, -0.15) is 0 Å². The van der Waals surface area contributed by atoms with E-state index in [0.717, 1.165) is 12.8 Å². The van der Waals surface area contributed by atoms with Crippen LogP contribution in [-0.4, -0.2) is 35.3 Å². The van der Waals surface area contributed by atoms with Crippen molar-refractivity contribution in [3.63, 3.8) is 0 Å². The second-order valence-electron chi connectivity index (χ2n) is 5.22. The molecule has 2 aliphatic rings. The molecule has 0 spiro atoms. The minimum atomic E-state index is -0.353. The molecule has 1 N–H and O–H groups in total. The van der Waals surface area contributed by atoms with Crippen LogP contribution in [0.15, 0.2) is 0 Å². The third-order valence-electron chi connectivity index (χ3n) is 3.88. The van der Waals surface area contributed by atoms with E-state index in [1.54, 1.807) is 6.92 Å². The quantitative estimate of drug-likeness (QED) is 0.703. The Kier molecular flexibility index (Phi) is 4.02. The van der Waals surface area contributed by atoms with E-state index in [0.29, 0.717) is 19.0 Å². The summed E-state index contributed by atoms with van der Waals surface area (Å²) in [5, 5.41) is 2.75. The minimum Gasteiger partial charge on any atom is -0.345 e. The molecule has 2 rings (SSSR count). The molecule has 0 aromatic rings. The summed E-state index contributed by atoms with van der Waals surface area (Å²) >= 11 is 0. The average Bonchev–Trinajstić information content (AvgIpc) is 2.62. The fraction of sp³-hybridized carbons (Fsp3) is 0.846. The maximum absolute atomic E-state index is 12.2. The van der Waals surface area contributed by atoms with Crippen molar-refractivity contribution in [2.45, 2.75) is 64.0 Å². The van der Waals surface area contributed by atoms with Crippen molar-refractivity contribution in [1.82, 2.24) is 10.2 Å². The fourth-order valence-corrected chi connectivity index (χ4v) is 2.89. The van der Waals surface area contributed by atoms with Crippen molar-refractivity contribution in [3.8, 4) is 0 Å². The molecule has 4 heteroatoms. The summed E-state index contributed by atoms with van der Waals surface area (Å²) in [6, 6.07) is 0.00778. The molecule has 0 radical (unpaired) electrons. The van der Waals surface area contributed by atoms with Crippen LogP contribution in [-0.2, 0) is 9.59 Å². The Bertz CT molecular complexity index is 296. The summed E-state index contributed by atoms with van der Waals surface area (Å²) in [7, 11) is 0. The largest absolute Gasteiger partial charge is 0.345 e. The van der Waals surface area contributed by atoms with Crippen molar-refractivity contribution in [1.29, 1.82) is 0 Å². The molecule has 1 saturated heterocycles. The number of nitrogens with one attached hydrogen (secondary N) is 1. The molecule has 4 nitrogen and oxygen atoms in total. The van der Waals surface area contributed by atoms with Gasteiger partial charge in [-0.3, -0.25) is 9.59 Å². The van der Waals surface area contributed by atoms with Crippen molar-refractivity contribution in [2.75, 3.05) is 6.54 Å². The maximum atomic E-state index is 12.2. The molecule has 0 aromatic heterocycles. The zero-order valence-corrected chi connectivity index (χ0v) is 10.6. The Balaban J connectivity index is 2.06. The van der Waals surface area contributed by atoms with E-state index >= 15 is 0 Å². The average molecular weight is 238 g/mol. The summed E-state index contributed by atoms with van der Waals surface area (Å²) < 4.78 is 0. The topological polar surface area (TPSA) is 49.4 Å². The van der Waals surface area contributed by atoms with Crippen LogP contribution in [0.1, 0.15) is 51.9 Å². The van der Waals surface area contributed by atoms with Gasteiger partial charge in [0.1, 0.15) is 6.04 Å². The lowest BCUT2D eigenvalue weighted by molar-refractivity contribution is -0.135. The molecule has 1 saturated carbocycles. The van der Waals surface area contributed by atoms with E-state index < -0.39 is 0 Å². The minimum absolute atomic E-state index is 0.00183. The molecular weight excluding hydrogens is 216 g/mol. The molecule has 1 aliphatic heterocycles. The van der Waals surface area contributed by atoms with Gasteiger partial charge in [0.05, 0.1) is 0 Å². The molecule has 0 aromatic carbocycles. The van der Waals surface area contributed by atoms with Crippen molar-refractivity contribution < 1.29 is 9.59 Å². The number of hydrogen-bond donors (Lipinski definition) is 1. The van der Waals surface area contributed by atoms with Gasteiger partial charge in [-0.25, -0.2) is 0 Å². The Morgan fingerprint density at radius 3 is 2.41 bits per heavy atom. The van der Waals surface area contributed by atoms with Crippen molar-refractivity contribution >= 4 is 11.8 Å². The number of amides is 2. The smallest absolute Gasteiger partial charge is 0.245 e. The Morgan fingerprint density at radius 1 is 1.12 bits per heavy atom. The second kappa shape index (κ2) is 5.52. The highest BCUT2D eigenvalue weighted by Gasteiger charge is 2.31. The Hall–Kier alpha value is -1.06. The Labute approximate surface area is 103 Å². The van der Waals surface area contributed by atoms with Gasteiger partial charge in [-0.05, 0) is 19.8 Å². The third kappa shape index (κ3) is 2.99. The number of carbonyl (C=O) groups excluding carboxylic acids is 2. The first-order valence-electron chi connectivity index (χ1n) is 6.78. The van der Waals surface area contributed by atoms with E-state index in [1.165, 1.54) is 25.7 Å². The second-order valence-corrected chi connectivity index (χ2v) is 5.22. The lowest BCUT2D eigenvalue weighted by atomic mass is 10.1. The van der Waals surface area contributed by atoms with Crippen LogP contribution >= 0.6 is 0 Å². The lowest BCUT2D eigenvalue weighted by Gasteiger charge is -2.31. The van der Waals surface area contributed by atoms with E-state index in [-0.39, 0.29) is 17.9 Å². The molecule has 1 heterocycles. The molecule has 17 heavy (non-hydrogen) atoms. The van der Waals surface area contributed by atoms with Gasteiger partial charge in [0, 0.05) is 19.0 Å². The third-order valence-corrected chi connectivity index (χ3v) is 3.88. The van der Waals surface area contributed by atoms with Crippen molar-refractivity contribution in [3.05, 3.63) is 0 Å². The van der Waals surface area contributed by atoms with Crippen LogP contribution in [0.4, 0.5) is 0 Å². The van der Waals surface area contributed by atoms with E-state index in [9.17, 15) is 9.59 Å². The van der Waals surface area contributed by atoms with Crippen LogP contribution in [0.2, 0.25) is 0 Å². The van der Waals surface area contributed by atoms with Gasteiger partial charge in [-0.1, -0.05) is 25.7 Å². The lowest BCUT2D eigenvalue weighted by Crippen LogP contribution is -2.47. The molecule has 96 valence electrons. The zero-order valence-electron chi connectivity index (χ0n) is 10.6. The molecule has 1 aliphatic carbocycles. The van der Waals surface area contributed by atoms with E-state index in [2.05, 4.69) is 5.32 Å². The highest BCUT2D eigenvalue weighted by Crippen LogP contribution is 2.23. The van der Waals surface area contributed by atoms with Gasteiger partial charge in [0.25, 0.3) is 0 Å². The monoisotopic (exact) mass is 238 g/mol. The SMILES string of the molecule is CC1NC(=O)CCN(C2CCCCCC2)C1=O. The molecule has 1 unspecified atom stereocenters. The Morgan fingerprint density at radius 2 is 1.76 bits per heavy atom. The van der Waals surface area contributed by atoms with Gasteiger partial charge < -0.3 is 10.2 Å². The summed E-state index contributed by atoms with van der Waals surface area (Å²) in [6.45, 7) is 2.38. The molecule has 0 bridgehead atoms. The van der Waals surface area contributed by atoms with E-state index in [1.807, 2.05) is 4.90 Å². The van der Waals surface area contributed by atoms with Gasteiger partial charge in [0.2, 0.25) is 11.8 Å². The molecule has 2 amide bonds. The fourth-order valence-electron chi connectivity index (χ4n) is 2.89. The van der Waals surface area contributed by atoms with Gasteiger partial charge in [-0.15, -0.1) is 0 Å². The van der Waals surface area contributed by atoms with Crippen LogP contribution in [0.3, 0.4) is 0 Å². The van der Waals surface area contributed by atoms with Gasteiger partial charge >= 0.3 is 0 Å². The maximum Gasteiger partial charge on any atom is 0.245 e. The summed E-state index contributed by atoms with van der Waals surface area (Å²) in [5.74, 6) is 0.102. The molecule has 2 fully saturated rings. The predicted molar refractivity (Wildman–Crippen MR) is 65.4 cm³/mol. The van der Waals surface area contributed by atoms with Crippen LogP contribution in [0, 0.1) is 0 Å². The van der Waals surface area contributed by atoms with Crippen molar-refractivity contribution in [2.24, 2.45) is 0 Å². The first-order chi connectivity index (χ1) is 8.18. The summed E-state index contributed by atoms with van der Waals surface area (Å²) in [6.07, 6.45) is 7.65. The highest BCUT2D eigenvalue weighted by molar-refractivity contribution is 5.89. The van der Waals surface area contributed by atoms with Crippen LogP contribution in [0.25, 0.3) is 0 Å². The summed E-state index contributed by atoms with van der Waals surface area (Å²) in [4.78, 5) is 25.6. The predicted octanol–water partition coefficient (Wildman–Crippen LogP) is 1.45. The molecular formula is C13H22N2O2. The first-order valence-corrected chi connectivity index (χ1v) is 6.78. The van der Waals surface area contributed by atoms with E-state index in [4.69, 9.17) is 0 Å². The number of carbonyl (C=O) groups is 2. The standard InChI is InChI=1S/C13H22N2O2/c1-10-13(17)15(9-8-12(16)14-10)11-6-4-2-3-5-7-11/h10-11H,2-9H2,1H3,(H,14,16). The number of hydrogen-bond acceptors (Lipinski definition) is 2. The number of rotatable bonds is 1. The van der Waals surface area contributed by atoms with Crippen LogP contribution in [0.5, 0.6) is 0 Å². The molecule has 1 atom stereocenters. The van der Waals surface area contributed by atoms with Gasteiger partial charge in [0.15, 0.2) is 0 Å². The highest BCUT2D eigenvalue weighted by atomic mass is 16.2. The zero-order chi connectivity index (χ0) is 12.3.